The zero-order valence-electron chi connectivity index (χ0n) is 26.3. The van der Waals surface area contributed by atoms with Gasteiger partial charge in [-0.2, -0.15) is 9.97 Å². The summed E-state index contributed by atoms with van der Waals surface area (Å²) >= 11 is 0. The number of terminal acetylenes is 1. The van der Waals surface area contributed by atoms with Gasteiger partial charge >= 0.3 is 6.01 Å². The minimum Gasteiger partial charge on any atom is -0.461 e. The molecule has 5 atom stereocenters. The average molecular weight is 655 g/mol. The van der Waals surface area contributed by atoms with Gasteiger partial charge in [0, 0.05) is 48.6 Å². The molecule has 0 unspecified atom stereocenters. The Balaban J connectivity index is 1.13. The fourth-order valence-electron chi connectivity index (χ4n) is 9.95. The number of anilines is 1. The topological polar surface area (TPSA) is 66.4 Å². The van der Waals surface area contributed by atoms with Crippen molar-refractivity contribution in [1.29, 1.82) is 0 Å². The molecule has 0 radical (unpaired) electrons. The maximum absolute atomic E-state index is 17.1. The third-order valence-electron chi connectivity index (χ3n) is 12.3. The number of halogens is 4. The number of ether oxygens (including phenoxy) is 1. The van der Waals surface area contributed by atoms with Crippen LogP contribution in [0.15, 0.2) is 30.3 Å². The highest BCUT2D eigenvalue weighted by atomic mass is 19.3. The molecule has 7 heterocycles. The largest absolute Gasteiger partial charge is 0.461 e. The summed E-state index contributed by atoms with van der Waals surface area (Å²) in [6, 6.07) is 9.00. The lowest BCUT2D eigenvalue weighted by Crippen LogP contribution is -2.58. The van der Waals surface area contributed by atoms with Crippen LogP contribution in [0.1, 0.15) is 56.2 Å². The summed E-state index contributed by atoms with van der Waals surface area (Å²) in [4.78, 5) is 19.1. The number of hydrogen-bond acceptors (Lipinski definition) is 7. The van der Waals surface area contributed by atoms with Crippen LogP contribution in [0.4, 0.5) is 23.4 Å². The van der Waals surface area contributed by atoms with E-state index in [-0.39, 0.29) is 47.9 Å². The van der Waals surface area contributed by atoms with Gasteiger partial charge in [0.05, 0.1) is 27.6 Å². The number of benzene rings is 2. The van der Waals surface area contributed by atoms with Crippen LogP contribution in [-0.2, 0) is 6.42 Å². The Morgan fingerprint density at radius 1 is 1.04 bits per heavy atom. The lowest BCUT2D eigenvalue weighted by molar-refractivity contribution is 0.0647. The molecule has 1 N–H and O–H groups in total. The van der Waals surface area contributed by atoms with Gasteiger partial charge in [-0.25, -0.2) is 22.5 Å². The lowest BCUT2D eigenvalue weighted by Gasteiger charge is -2.41. The first-order valence-corrected chi connectivity index (χ1v) is 17.1. The van der Waals surface area contributed by atoms with Gasteiger partial charge in [0.2, 0.25) is 0 Å². The van der Waals surface area contributed by atoms with E-state index < -0.39 is 28.5 Å². The molecule has 1 spiro atoms. The zero-order valence-corrected chi connectivity index (χ0v) is 26.3. The molecular weight excluding hydrogens is 620 g/mol. The van der Waals surface area contributed by atoms with Crippen molar-refractivity contribution in [2.75, 3.05) is 31.1 Å². The van der Waals surface area contributed by atoms with Crippen LogP contribution in [0.25, 0.3) is 32.9 Å². The highest BCUT2D eigenvalue weighted by Gasteiger charge is 2.77. The number of nitrogens with one attached hydrogen (secondary N) is 1. The van der Waals surface area contributed by atoms with Crippen LogP contribution in [0.3, 0.4) is 0 Å². The second kappa shape index (κ2) is 9.79. The number of aromatic nitrogens is 3. The highest BCUT2D eigenvalue weighted by Crippen LogP contribution is 2.69. The van der Waals surface area contributed by atoms with Crippen molar-refractivity contribution in [2.45, 2.75) is 81.0 Å². The summed E-state index contributed by atoms with van der Waals surface area (Å²) in [7, 11) is 0. The van der Waals surface area contributed by atoms with Crippen LogP contribution in [0.2, 0.25) is 0 Å². The summed E-state index contributed by atoms with van der Waals surface area (Å²) < 4.78 is 67.5. The van der Waals surface area contributed by atoms with Crippen LogP contribution in [-0.4, -0.2) is 75.7 Å². The Hall–Kier alpha value is -4.01. The fourth-order valence-corrected chi connectivity index (χ4v) is 9.95. The average Bonchev–Trinajstić information content (AvgIpc) is 3.38. The van der Waals surface area contributed by atoms with Gasteiger partial charge in [0.1, 0.15) is 29.5 Å². The fraction of sp³-hybridized carbons (Fsp3) is 0.486. The minimum absolute atomic E-state index is 0.0315. The first kappa shape index (κ1) is 29.0. The standard InChI is InChI=1S/C37H34F4N6O/c1-2-22-24(38)9-7-20-5-3-6-23(28(20)22)31-30(39)32-29-26(43-31)11-12-27-25-10-8-21(42-25)15-47(27)33(29)45-34(44-32)48-19-36-13-4-14-46(36)18-35(16-36)17-37(35,40)41/h1,3,5-7,9,21,25,27,42H,4,8,10-19H2/t21-,25+,27-,35+,36+/m1/s1. The van der Waals surface area contributed by atoms with Gasteiger partial charge in [0.25, 0.3) is 5.92 Å². The quantitative estimate of drug-likeness (QED) is 0.214. The summed E-state index contributed by atoms with van der Waals surface area (Å²) in [5, 5.41) is 5.41. The van der Waals surface area contributed by atoms with Crippen LogP contribution in [0, 0.1) is 29.4 Å². The van der Waals surface area contributed by atoms with Gasteiger partial charge in [0.15, 0.2) is 5.82 Å². The number of fused-ring (bicyclic) bond motifs is 7. The molecule has 2 aromatic carbocycles. The van der Waals surface area contributed by atoms with E-state index >= 15 is 4.39 Å². The van der Waals surface area contributed by atoms with E-state index in [9.17, 15) is 13.2 Å². The first-order chi connectivity index (χ1) is 23.2. The van der Waals surface area contributed by atoms with E-state index in [0.29, 0.717) is 58.7 Å². The van der Waals surface area contributed by atoms with Crippen molar-refractivity contribution >= 4 is 27.5 Å². The van der Waals surface area contributed by atoms with Crippen molar-refractivity contribution in [3.05, 3.63) is 53.2 Å². The second-order valence-electron chi connectivity index (χ2n) is 14.9. The molecule has 11 heteroatoms. The van der Waals surface area contributed by atoms with E-state index in [0.717, 1.165) is 45.2 Å². The molecule has 4 aromatic rings. The Morgan fingerprint density at radius 3 is 2.75 bits per heavy atom. The van der Waals surface area contributed by atoms with Crippen LogP contribution >= 0.6 is 0 Å². The summed E-state index contributed by atoms with van der Waals surface area (Å²) in [5.41, 5.74) is -0.229. The number of piperazine rings is 1. The smallest absolute Gasteiger partial charge is 0.319 e. The van der Waals surface area contributed by atoms with E-state index in [2.05, 4.69) is 21.0 Å². The van der Waals surface area contributed by atoms with Crippen molar-refractivity contribution in [1.82, 2.24) is 25.2 Å². The maximum atomic E-state index is 17.1. The highest BCUT2D eigenvalue weighted by molar-refractivity contribution is 6.02. The Labute approximate surface area is 275 Å². The number of nitrogens with zero attached hydrogens (tertiary/aromatic N) is 5. The predicted octanol–water partition coefficient (Wildman–Crippen LogP) is 6.00. The van der Waals surface area contributed by atoms with Gasteiger partial charge in [-0.15, -0.1) is 6.42 Å². The van der Waals surface area contributed by atoms with E-state index in [1.165, 1.54) is 6.07 Å². The molecule has 4 saturated heterocycles. The molecule has 1 aliphatic carbocycles. The van der Waals surface area contributed by atoms with Gasteiger partial charge < -0.3 is 15.0 Å². The molecule has 5 aliphatic heterocycles. The van der Waals surface area contributed by atoms with Crippen molar-refractivity contribution < 1.29 is 22.3 Å². The number of alkyl halides is 2. The molecule has 246 valence electrons. The van der Waals surface area contributed by atoms with Gasteiger partial charge in [-0.3, -0.25) is 4.90 Å². The monoisotopic (exact) mass is 654 g/mol. The zero-order chi connectivity index (χ0) is 32.6. The maximum Gasteiger partial charge on any atom is 0.319 e. The van der Waals surface area contributed by atoms with E-state index in [1.54, 1.807) is 18.2 Å². The molecule has 2 bridgehead atoms. The second-order valence-corrected chi connectivity index (χ2v) is 14.9. The third kappa shape index (κ3) is 3.93. The molecule has 1 saturated carbocycles. The molecule has 2 aromatic heterocycles. The molecule has 0 amide bonds. The molecule has 5 fully saturated rings. The summed E-state index contributed by atoms with van der Waals surface area (Å²) in [6.45, 7) is 2.01. The lowest BCUT2D eigenvalue weighted by atomic mass is 9.89. The summed E-state index contributed by atoms with van der Waals surface area (Å²) in [6.07, 6.45) is 11.2. The Kier molecular flexibility index (Phi) is 5.91. The normalized spacial score (nSPS) is 31.2. The Bertz CT molecular complexity index is 2100. The van der Waals surface area contributed by atoms with Gasteiger partial charge in [-0.1, -0.05) is 30.2 Å². The Morgan fingerprint density at radius 2 is 1.92 bits per heavy atom. The first-order valence-electron chi connectivity index (χ1n) is 17.1. The predicted molar refractivity (Wildman–Crippen MR) is 173 cm³/mol. The van der Waals surface area contributed by atoms with Crippen LogP contribution < -0.4 is 15.0 Å². The number of aryl methyl sites for hydroxylation is 1. The van der Waals surface area contributed by atoms with Gasteiger partial charge in [-0.05, 0) is 62.9 Å². The molecule has 7 nitrogen and oxygen atoms in total. The van der Waals surface area contributed by atoms with Crippen molar-refractivity contribution in [3.8, 4) is 29.6 Å². The summed E-state index contributed by atoms with van der Waals surface area (Å²) in [5.74, 6) is -0.791. The number of hydrogen-bond donors (Lipinski definition) is 1. The molecule has 6 aliphatic rings. The SMILES string of the molecule is C#Cc1c(F)ccc2cccc(-c3nc4c5c(nc(OC[C@@]67CCCN6C[C@@]6(CC6(F)F)C7)nc5c3F)N3C[C@H]5CC[C@H](N5)[C@H]3CC4)c12. The van der Waals surface area contributed by atoms with Crippen molar-refractivity contribution in [2.24, 2.45) is 5.41 Å². The van der Waals surface area contributed by atoms with Crippen LogP contribution in [0.5, 0.6) is 6.01 Å². The molecule has 48 heavy (non-hydrogen) atoms. The van der Waals surface area contributed by atoms with E-state index in [4.69, 9.17) is 26.1 Å². The third-order valence-corrected chi connectivity index (χ3v) is 12.3. The number of rotatable bonds is 4. The van der Waals surface area contributed by atoms with Crippen molar-refractivity contribution in [3.63, 3.8) is 0 Å². The minimum atomic E-state index is -2.64. The molecule has 10 rings (SSSR count). The number of pyridine rings is 1. The van der Waals surface area contributed by atoms with E-state index in [1.807, 2.05) is 6.07 Å². The molecular formula is C37H34F4N6O.